The summed E-state index contributed by atoms with van der Waals surface area (Å²) in [5, 5.41) is 9.93. The lowest BCUT2D eigenvalue weighted by molar-refractivity contribution is -0.170. The topological polar surface area (TPSA) is 38.7 Å². The molecule has 104 valence electrons. The summed E-state index contributed by atoms with van der Waals surface area (Å²) < 4.78 is 12.4. The molecule has 1 heterocycles. The molecule has 19 heavy (non-hydrogen) atoms. The lowest BCUT2D eigenvalue weighted by Crippen LogP contribution is -2.26. The van der Waals surface area contributed by atoms with Gasteiger partial charge in [-0.3, -0.25) is 0 Å². The highest BCUT2D eigenvalue weighted by atomic mass is 35.5. The average Bonchev–Trinajstić information content (AvgIpc) is 2.99. The van der Waals surface area contributed by atoms with Gasteiger partial charge >= 0.3 is 0 Å². The number of aliphatic hydroxyl groups excluding tert-OH is 1. The van der Waals surface area contributed by atoms with Gasteiger partial charge in [-0.2, -0.15) is 0 Å². The molecule has 2 aliphatic rings. The molecule has 2 atom stereocenters. The molecule has 0 radical (unpaired) electrons. The van der Waals surface area contributed by atoms with Crippen molar-refractivity contribution in [2.24, 2.45) is 0 Å². The molecule has 3 rings (SSSR count). The van der Waals surface area contributed by atoms with Gasteiger partial charge in [0.15, 0.2) is 5.79 Å². The summed E-state index contributed by atoms with van der Waals surface area (Å²) in [7, 11) is 0. The predicted octanol–water partition coefficient (Wildman–Crippen LogP) is 3.45. The maximum atomic E-state index is 9.22. The standard InChI is InChI=1S/C15H19ClO3/c16-12-6-2-1-5-11(12)14-13(7-10-17)18-15(19-14)8-3-4-9-15/h1-2,5-6,13-14,17H,3-4,7-10H2/t13?,14-/m1/s1. The highest BCUT2D eigenvalue weighted by Gasteiger charge is 2.49. The molecule has 1 N–H and O–H groups in total. The van der Waals surface area contributed by atoms with Gasteiger partial charge < -0.3 is 14.6 Å². The van der Waals surface area contributed by atoms with Crippen molar-refractivity contribution in [1.29, 1.82) is 0 Å². The Morgan fingerprint density at radius 2 is 1.95 bits per heavy atom. The number of benzene rings is 1. The first-order valence-electron chi connectivity index (χ1n) is 6.95. The van der Waals surface area contributed by atoms with Gasteiger partial charge in [-0.1, -0.05) is 29.8 Å². The molecule has 0 amide bonds. The first-order valence-corrected chi connectivity index (χ1v) is 7.33. The number of rotatable bonds is 3. The minimum atomic E-state index is -0.441. The first-order chi connectivity index (χ1) is 9.24. The van der Waals surface area contributed by atoms with Crippen molar-refractivity contribution in [1.82, 2.24) is 0 Å². The molecule has 2 fully saturated rings. The van der Waals surface area contributed by atoms with Crippen LogP contribution in [0.25, 0.3) is 0 Å². The fraction of sp³-hybridized carbons (Fsp3) is 0.600. The van der Waals surface area contributed by atoms with Crippen molar-refractivity contribution < 1.29 is 14.6 Å². The molecule has 1 spiro atoms. The van der Waals surface area contributed by atoms with Crippen LogP contribution < -0.4 is 0 Å². The van der Waals surface area contributed by atoms with Gasteiger partial charge in [0.05, 0.1) is 6.10 Å². The van der Waals surface area contributed by atoms with Crippen LogP contribution in [0.4, 0.5) is 0 Å². The largest absolute Gasteiger partial charge is 0.396 e. The van der Waals surface area contributed by atoms with Crippen LogP contribution in [0.1, 0.15) is 43.8 Å². The molecule has 1 saturated heterocycles. The maximum Gasteiger partial charge on any atom is 0.169 e. The monoisotopic (exact) mass is 282 g/mol. The van der Waals surface area contributed by atoms with E-state index in [1.807, 2.05) is 24.3 Å². The third-order valence-electron chi connectivity index (χ3n) is 4.04. The SMILES string of the molecule is OCCC1OC2(CCCC2)O[C@@H]1c1ccccc1Cl. The second-order valence-electron chi connectivity index (χ2n) is 5.35. The molecule has 1 aliphatic carbocycles. The van der Waals surface area contributed by atoms with Gasteiger partial charge in [0.1, 0.15) is 6.10 Å². The van der Waals surface area contributed by atoms with E-state index < -0.39 is 5.79 Å². The Hall–Kier alpha value is -0.610. The highest BCUT2D eigenvalue weighted by molar-refractivity contribution is 6.31. The molecular weight excluding hydrogens is 264 g/mol. The Morgan fingerprint density at radius 3 is 2.63 bits per heavy atom. The van der Waals surface area contributed by atoms with Crippen molar-refractivity contribution in [2.75, 3.05) is 6.61 Å². The number of ether oxygens (including phenoxy) is 2. The molecule has 0 bridgehead atoms. The Bertz CT molecular complexity index is 443. The number of hydrogen-bond acceptors (Lipinski definition) is 3. The van der Waals surface area contributed by atoms with E-state index in [9.17, 15) is 5.11 Å². The van der Waals surface area contributed by atoms with E-state index in [2.05, 4.69) is 0 Å². The normalized spacial score (nSPS) is 29.2. The molecule has 0 aromatic heterocycles. The number of hydrogen-bond donors (Lipinski definition) is 1. The summed E-state index contributed by atoms with van der Waals surface area (Å²) in [6.45, 7) is 0.102. The fourth-order valence-electron chi connectivity index (χ4n) is 3.13. The van der Waals surface area contributed by atoms with E-state index in [4.69, 9.17) is 21.1 Å². The van der Waals surface area contributed by atoms with Crippen molar-refractivity contribution in [3.63, 3.8) is 0 Å². The smallest absolute Gasteiger partial charge is 0.169 e. The van der Waals surface area contributed by atoms with Crippen LogP contribution in [0.3, 0.4) is 0 Å². The molecule has 1 aliphatic heterocycles. The summed E-state index contributed by atoms with van der Waals surface area (Å²) in [6, 6.07) is 7.72. The molecular formula is C15H19ClO3. The number of aliphatic hydroxyl groups is 1. The van der Waals surface area contributed by atoms with Gasteiger partial charge in [0.25, 0.3) is 0 Å². The minimum Gasteiger partial charge on any atom is -0.396 e. The Labute approximate surface area is 118 Å². The van der Waals surface area contributed by atoms with Crippen molar-refractivity contribution in [3.05, 3.63) is 34.9 Å². The lowest BCUT2D eigenvalue weighted by Gasteiger charge is -2.22. The lowest BCUT2D eigenvalue weighted by atomic mass is 10.0. The molecule has 1 saturated carbocycles. The van der Waals surface area contributed by atoms with Gasteiger partial charge in [0.2, 0.25) is 0 Å². The van der Waals surface area contributed by atoms with Gasteiger partial charge in [0, 0.05) is 30.0 Å². The van der Waals surface area contributed by atoms with Crippen molar-refractivity contribution >= 4 is 11.6 Å². The summed E-state index contributed by atoms with van der Waals surface area (Å²) in [6.07, 6.45) is 4.47. The zero-order valence-electron chi connectivity index (χ0n) is 10.8. The third-order valence-corrected chi connectivity index (χ3v) is 4.38. The first kappa shape index (κ1) is 13.4. The summed E-state index contributed by atoms with van der Waals surface area (Å²) in [4.78, 5) is 0. The van der Waals surface area contributed by atoms with E-state index in [0.29, 0.717) is 11.4 Å². The van der Waals surface area contributed by atoms with Crippen LogP contribution >= 0.6 is 11.6 Å². The Morgan fingerprint density at radius 1 is 1.21 bits per heavy atom. The highest BCUT2D eigenvalue weighted by Crippen LogP contribution is 2.48. The van der Waals surface area contributed by atoms with Crippen molar-refractivity contribution in [2.45, 2.75) is 50.1 Å². The Balaban J connectivity index is 1.88. The maximum absolute atomic E-state index is 9.22. The van der Waals surface area contributed by atoms with E-state index in [-0.39, 0.29) is 18.8 Å². The molecule has 4 heteroatoms. The van der Waals surface area contributed by atoms with Crippen LogP contribution in [0.5, 0.6) is 0 Å². The summed E-state index contributed by atoms with van der Waals surface area (Å²) in [5.41, 5.74) is 0.964. The average molecular weight is 283 g/mol. The van der Waals surface area contributed by atoms with Crippen LogP contribution in [0.2, 0.25) is 5.02 Å². The quantitative estimate of drug-likeness (QED) is 0.923. The van der Waals surface area contributed by atoms with Crippen LogP contribution in [0.15, 0.2) is 24.3 Å². The van der Waals surface area contributed by atoms with Gasteiger partial charge in [-0.15, -0.1) is 0 Å². The van der Waals surface area contributed by atoms with E-state index in [1.165, 1.54) is 0 Å². The second-order valence-corrected chi connectivity index (χ2v) is 5.75. The Kier molecular flexibility index (Phi) is 3.81. The fourth-order valence-corrected chi connectivity index (χ4v) is 3.37. The number of halogens is 1. The molecule has 1 unspecified atom stereocenters. The van der Waals surface area contributed by atoms with Crippen LogP contribution in [-0.2, 0) is 9.47 Å². The summed E-state index contributed by atoms with van der Waals surface area (Å²) >= 11 is 6.27. The zero-order valence-corrected chi connectivity index (χ0v) is 11.6. The van der Waals surface area contributed by atoms with E-state index in [1.54, 1.807) is 0 Å². The van der Waals surface area contributed by atoms with Crippen molar-refractivity contribution in [3.8, 4) is 0 Å². The van der Waals surface area contributed by atoms with E-state index >= 15 is 0 Å². The summed E-state index contributed by atoms with van der Waals surface area (Å²) in [5.74, 6) is -0.441. The molecule has 1 aromatic carbocycles. The van der Waals surface area contributed by atoms with Crippen LogP contribution in [-0.4, -0.2) is 23.6 Å². The predicted molar refractivity (Wildman–Crippen MR) is 73.1 cm³/mol. The second kappa shape index (κ2) is 5.41. The van der Waals surface area contributed by atoms with Crippen LogP contribution in [0, 0.1) is 0 Å². The minimum absolute atomic E-state index is 0.102. The molecule has 3 nitrogen and oxygen atoms in total. The third kappa shape index (κ3) is 2.52. The van der Waals surface area contributed by atoms with Gasteiger partial charge in [-0.25, -0.2) is 0 Å². The zero-order chi connectivity index (χ0) is 13.3. The molecule has 1 aromatic rings. The van der Waals surface area contributed by atoms with E-state index in [0.717, 1.165) is 31.2 Å². The van der Waals surface area contributed by atoms with Gasteiger partial charge in [-0.05, 0) is 25.3 Å².